The Morgan fingerprint density at radius 1 is 1.60 bits per heavy atom. The Bertz CT molecular complexity index is 408. The number of hydrogen-bond donors (Lipinski definition) is 1. The first-order valence-electron chi connectivity index (χ1n) is 7.45. The van der Waals surface area contributed by atoms with Crippen LogP contribution in [0.5, 0.6) is 0 Å². The molecule has 0 amide bonds. The lowest BCUT2D eigenvalue weighted by Gasteiger charge is -2.32. The summed E-state index contributed by atoms with van der Waals surface area (Å²) in [6.07, 6.45) is 7.72. The fraction of sp³-hybridized carbons (Fsp3) is 0.800. The summed E-state index contributed by atoms with van der Waals surface area (Å²) in [4.78, 5) is 0. The van der Waals surface area contributed by atoms with Gasteiger partial charge in [-0.3, -0.25) is 4.68 Å². The van der Waals surface area contributed by atoms with E-state index in [4.69, 9.17) is 9.47 Å². The second-order valence-electron chi connectivity index (χ2n) is 5.82. The Hall–Kier alpha value is -0.910. The third-order valence-corrected chi connectivity index (χ3v) is 4.46. The van der Waals surface area contributed by atoms with Crippen molar-refractivity contribution in [2.75, 3.05) is 33.4 Å². The van der Waals surface area contributed by atoms with Crippen LogP contribution in [0.15, 0.2) is 12.4 Å². The van der Waals surface area contributed by atoms with Crippen LogP contribution < -0.4 is 5.32 Å². The molecule has 2 unspecified atom stereocenters. The highest BCUT2D eigenvalue weighted by Gasteiger charge is 2.40. The summed E-state index contributed by atoms with van der Waals surface area (Å²) in [5.74, 6) is 0. The SMILES string of the molecule is COCCNCC1(CCc2cnn(C)c2)CCOC1C. The average molecular weight is 281 g/mol. The molecule has 0 aliphatic carbocycles. The van der Waals surface area contributed by atoms with Gasteiger partial charge in [0.05, 0.1) is 18.9 Å². The maximum Gasteiger partial charge on any atom is 0.0616 e. The van der Waals surface area contributed by atoms with Crippen LogP contribution in [0.25, 0.3) is 0 Å². The van der Waals surface area contributed by atoms with E-state index in [1.165, 1.54) is 5.56 Å². The van der Waals surface area contributed by atoms with E-state index in [1.54, 1.807) is 7.11 Å². The summed E-state index contributed by atoms with van der Waals surface area (Å²) in [6.45, 7) is 5.73. The summed E-state index contributed by atoms with van der Waals surface area (Å²) in [5, 5.41) is 7.76. The van der Waals surface area contributed by atoms with E-state index in [2.05, 4.69) is 23.5 Å². The third-order valence-electron chi connectivity index (χ3n) is 4.46. The van der Waals surface area contributed by atoms with E-state index in [1.807, 2.05) is 17.9 Å². The van der Waals surface area contributed by atoms with Gasteiger partial charge in [-0.05, 0) is 31.7 Å². The molecular formula is C15H27N3O2. The van der Waals surface area contributed by atoms with E-state index in [-0.39, 0.29) is 5.41 Å². The normalized spacial score (nSPS) is 26.2. The minimum atomic E-state index is 0.240. The van der Waals surface area contributed by atoms with Crippen molar-refractivity contribution in [2.45, 2.75) is 32.3 Å². The lowest BCUT2D eigenvalue weighted by Crippen LogP contribution is -2.40. The van der Waals surface area contributed by atoms with Gasteiger partial charge in [0.2, 0.25) is 0 Å². The highest BCUT2D eigenvalue weighted by Crippen LogP contribution is 2.38. The molecule has 0 saturated carbocycles. The molecule has 1 N–H and O–H groups in total. The molecule has 0 spiro atoms. The van der Waals surface area contributed by atoms with Crippen LogP contribution >= 0.6 is 0 Å². The molecule has 2 rings (SSSR count). The van der Waals surface area contributed by atoms with E-state index in [0.29, 0.717) is 6.10 Å². The van der Waals surface area contributed by atoms with Crippen molar-refractivity contribution < 1.29 is 9.47 Å². The molecule has 20 heavy (non-hydrogen) atoms. The Morgan fingerprint density at radius 3 is 3.05 bits per heavy atom. The minimum absolute atomic E-state index is 0.240. The number of nitrogens with one attached hydrogen (secondary N) is 1. The maximum atomic E-state index is 5.83. The number of aromatic nitrogens is 2. The van der Waals surface area contributed by atoms with Crippen LogP contribution in [0, 0.1) is 5.41 Å². The number of ether oxygens (including phenoxy) is 2. The molecule has 1 aliphatic rings. The topological polar surface area (TPSA) is 48.3 Å². The number of nitrogens with zero attached hydrogens (tertiary/aromatic N) is 2. The molecule has 1 aromatic rings. The largest absolute Gasteiger partial charge is 0.383 e. The molecule has 1 fully saturated rings. The van der Waals surface area contributed by atoms with E-state index in [9.17, 15) is 0 Å². The van der Waals surface area contributed by atoms with Gasteiger partial charge in [0.15, 0.2) is 0 Å². The molecule has 5 heteroatoms. The second kappa shape index (κ2) is 7.20. The monoisotopic (exact) mass is 281 g/mol. The summed E-state index contributed by atoms with van der Waals surface area (Å²) >= 11 is 0. The smallest absolute Gasteiger partial charge is 0.0616 e. The third kappa shape index (κ3) is 3.81. The van der Waals surface area contributed by atoms with Crippen molar-refractivity contribution in [3.8, 4) is 0 Å². The van der Waals surface area contributed by atoms with Gasteiger partial charge in [0.25, 0.3) is 0 Å². The Labute approximate surface area is 121 Å². The first-order chi connectivity index (χ1) is 9.66. The zero-order valence-electron chi connectivity index (χ0n) is 12.9. The molecule has 114 valence electrons. The van der Waals surface area contributed by atoms with E-state index >= 15 is 0 Å². The lowest BCUT2D eigenvalue weighted by atomic mass is 9.77. The summed E-state index contributed by atoms with van der Waals surface area (Å²) in [5.41, 5.74) is 1.55. The zero-order valence-corrected chi connectivity index (χ0v) is 12.9. The molecule has 5 nitrogen and oxygen atoms in total. The van der Waals surface area contributed by atoms with Crippen molar-refractivity contribution >= 4 is 0 Å². The maximum absolute atomic E-state index is 5.83. The Kier molecular flexibility index (Phi) is 5.57. The first kappa shape index (κ1) is 15.5. The Morgan fingerprint density at radius 2 is 2.45 bits per heavy atom. The van der Waals surface area contributed by atoms with Crippen LogP contribution in [-0.4, -0.2) is 49.3 Å². The molecule has 1 aliphatic heterocycles. The van der Waals surface area contributed by atoms with Crippen LogP contribution in [0.3, 0.4) is 0 Å². The van der Waals surface area contributed by atoms with Gasteiger partial charge in [0.1, 0.15) is 0 Å². The van der Waals surface area contributed by atoms with Gasteiger partial charge in [0, 0.05) is 45.5 Å². The van der Waals surface area contributed by atoms with Crippen molar-refractivity contribution in [1.82, 2.24) is 15.1 Å². The van der Waals surface area contributed by atoms with Crippen LogP contribution in [0.4, 0.5) is 0 Å². The molecule has 1 aromatic heterocycles. The first-order valence-corrected chi connectivity index (χ1v) is 7.45. The van der Waals surface area contributed by atoms with Crippen LogP contribution in [-0.2, 0) is 22.9 Å². The molecule has 0 bridgehead atoms. The minimum Gasteiger partial charge on any atom is -0.383 e. The Balaban J connectivity index is 1.89. The number of aryl methyl sites for hydroxylation is 2. The van der Waals surface area contributed by atoms with Gasteiger partial charge < -0.3 is 14.8 Å². The number of methoxy groups -OCH3 is 1. The predicted molar refractivity (Wildman–Crippen MR) is 78.7 cm³/mol. The van der Waals surface area contributed by atoms with Crippen molar-refractivity contribution in [3.05, 3.63) is 18.0 Å². The van der Waals surface area contributed by atoms with E-state index in [0.717, 1.165) is 45.6 Å². The van der Waals surface area contributed by atoms with Gasteiger partial charge in [-0.2, -0.15) is 5.10 Å². The van der Waals surface area contributed by atoms with Gasteiger partial charge >= 0.3 is 0 Å². The van der Waals surface area contributed by atoms with Crippen LogP contribution in [0.2, 0.25) is 0 Å². The lowest BCUT2D eigenvalue weighted by molar-refractivity contribution is 0.0575. The molecule has 2 heterocycles. The van der Waals surface area contributed by atoms with Gasteiger partial charge in [-0.15, -0.1) is 0 Å². The molecule has 1 saturated heterocycles. The summed E-state index contributed by atoms with van der Waals surface area (Å²) < 4.78 is 12.8. The number of rotatable bonds is 8. The van der Waals surface area contributed by atoms with Crippen molar-refractivity contribution in [1.29, 1.82) is 0 Å². The van der Waals surface area contributed by atoms with E-state index < -0.39 is 0 Å². The highest BCUT2D eigenvalue weighted by atomic mass is 16.5. The zero-order chi connectivity index (χ0) is 14.4. The van der Waals surface area contributed by atoms with Crippen molar-refractivity contribution in [2.24, 2.45) is 12.5 Å². The van der Waals surface area contributed by atoms with Crippen LogP contribution in [0.1, 0.15) is 25.3 Å². The van der Waals surface area contributed by atoms with Gasteiger partial charge in [-0.1, -0.05) is 0 Å². The predicted octanol–water partition coefficient (Wildman–Crippen LogP) is 1.38. The fourth-order valence-corrected chi connectivity index (χ4v) is 2.97. The molecule has 2 atom stereocenters. The van der Waals surface area contributed by atoms with Crippen molar-refractivity contribution in [3.63, 3.8) is 0 Å². The quantitative estimate of drug-likeness (QED) is 0.732. The summed E-state index contributed by atoms with van der Waals surface area (Å²) in [6, 6.07) is 0. The highest BCUT2D eigenvalue weighted by molar-refractivity contribution is 5.05. The van der Waals surface area contributed by atoms with Gasteiger partial charge in [-0.25, -0.2) is 0 Å². The molecule has 0 radical (unpaired) electrons. The molecular weight excluding hydrogens is 254 g/mol. The standard InChI is InChI=1S/C15H27N3O2/c1-13-15(6-8-20-13,12-16-7-9-19-3)5-4-14-10-17-18(2)11-14/h10-11,13,16H,4-9,12H2,1-3H3. The second-order valence-corrected chi connectivity index (χ2v) is 5.82. The molecule has 0 aromatic carbocycles. The average Bonchev–Trinajstić information content (AvgIpc) is 3.00. The number of hydrogen-bond acceptors (Lipinski definition) is 4. The summed E-state index contributed by atoms with van der Waals surface area (Å²) in [7, 11) is 3.70. The fourth-order valence-electron chi connectivity index (χ4n) is 2.97.